The van der Waals surface area contributed by atoms with E-state index in [9.17, 15) is 4.79 Å². The summed E-state index contributed by atoms with van der Waals surface area (Å²) in [5.41, 5.74) is 1.85. The highest BCUT2D eigenvalue weighted by molar-refractivity contribution is 6.18. The Bertz CT molecular complexity index is 719. The van der Waals surface area contributed by atoms with Gasteiger partial charge in [-0.25, -0.2) is 0 Å². The maximum Gasteiger partial charge on any atom is 0.255 e. The first kappa shape index (κ1) is 32.1. The van der Waals surface area contributed by atoms with Gasteiger partial charge in [0.25, 0.3) is 5.91 Å². The summed E-state index contributed by atoms with van der Waals surface area (Å²) in [6.45, 7) is 19.3. The van der Waals surface area contributed by atoms with Crippen LogP contribution in [0.15, 0.2) is 28.2 Å². The Kier molecular flexibility index (Phi) is 18.3. The number of piperidine rings is 1. The molecule has 34 heavy (non-hydrogen) atoms. The maximum absolute atomic E-state index is 13.1. The fraction of sp³-hybridized carbons (Fsp3) is 0.667. The van der Waals surface area contributed by atoms with Gasteiger partial charge in [-0.05, 0) is 89.4 Å². The van der Waals surface area contributed by atoms with Gasteiger partial charge < -0.3 is 14.5 Å². The number of nitrogens with zero attached hydrogens (tertiary/aromatic N) is 4. The van der Waals surface area contributed by atoms with E-state index in [1.54, 1.807) is 6.21 Å². The lowest BCUT2D eigenvalue weighted by Gasteiger charge is -2.34. The van der Waals surface area contributed by atoms with Crippen molar-refractivity contribution >= 4 is 30.4 Å². The third-order valence-corrected chi connectivity index (χ3v) is 5.60. The second kappa shape index (κ2) is 19.4. The minimum absolute atomic E-state index is 0.0449. The first-order valence-corrected chi connectivity index (χ1v) is 13.2. The first-order valence-electron chi connectivity index (χ1n) is 12.6. The molecule has 0 aromatic heterocycles. The largest absolute Gasteiger partial charge is 0.493 e. The molecular weight excluding hydrogens is 448 g/mol. The van der Waals surface area contributed by atoms with Crippen molar-refractivity contribution in [3.8, 4) is 5.75 Å². The van der Waals surface area contributed by atoms with Gasteiger partial charge in [-0.1, -0.05) is 34.1 Å². The van der Waals surface area contributed by atoms with Crippen molar-refractivity contribution < 1.29 is 9.53 Å². The van der Waals surface area contributed by atoms with Crippen LogP contribution in [-0.2, 0) is 6.42 Å². The van der Waals surface area contributed by atoms with Crippen LogP contribution in [0, 0.1) is 5.92 Å². The van der Waals surface area contributed by atoms with Crippen LogP contribution in [0.3, 0.4) is 0 Å². The Morgan fingerprint density at radius 3 is 2.44 bits per heavy atom. The number of amides is 1. The monoisotopic (exact) mass is 494 g/mol. The van der Waals surface area contributed by atoms with Crippen molar-refractivity contribution in [1.29, 1.82) is 0 Å². The number of aliphatic imine (C=N–C) groups is 2. The number of hydrogen-bond acceptors (Lipinski definition) is 5. The predicted molar refractivity (Wildman–Crippen MR) is 148 cm³/mol. The van der Waals surface area contributed by atoms with Crippen LogP contribution in [0.1, 0.15) is 76.7 Å². The number of carbonyl (C=O) groups is 1. The van der Waals surface area contributed by atoms with Gasteiger partial charge in [0.15, 0.2) is 0 Å². The van der Waals surface area contributed by atoms with E-state index >= 15 is 0 Å². The van der Waals surface area contributed by atoms with E-state index in [0.717, 1.165) is 55.8 Å². The summed E-state index contributed by atoms with van der Waals surface area (Å²) in [5.74, 6) is 1.49. The number of rotatable bonds is 6. The SMILES string of the molecule is C/C=N\CCl.C=NC(C)N(CC1CCN(C)CC1)C(=O)c1ccc2c(c1)CCO2.CC.CCC. The standard InChI is InChI=1S/C19H27N3O2.C3H6ClN.C3H8.C2H6/c1-14(20-2)22(13-15-6-9-21(3)10-7-15)19(23)17-4-5-18-16(12-17)8-11-24-18;1-2-5-3-4;1-3-2;1-2/h4-5,12,14-15H,2,6-11,13H2,1,3H3;2H,3H2,1H3;3H2,1-2H3;1-2H3/b;5-2-;;. The Morgan fingerprint density at radius 2 is 1.94 bits per heavy atom. The lowest BCUT2D eigenvalue weighted by atomic mass is 9.96. The van der Waals surface area contributed by atoms with Crippen LogP contribution in [0.4, 0.5) is 0 Å². The van der Waals surface area contributed by atoms with Crippen molar-refractivity contribution in [3.05, 3.63) is 29.3 Å². The van der Waals surface area contributed by atoms with Gasteiger partial charge >= 0.3 is 0 Å². The summed E-state index contributed by atoms with van der Waals surface area (Å²) < 4.78 is 5.54. The molecule has 1 aromatic carbocycles. The van der Waals surface area contributed by atoms with Gasteiger partial charge in [-0.2, -0.15) is 0 Å². The fourth-order valence-electron chi connectivity index (χ4n) is 3.58. The molecule has 0 radical (unpaired) electrons. The molecule has 6 nitrogen and oxygen atoms in total. The summed E-state index contributed by atoms with van der Waals surface area (Å²) in [7, 11) is 2.15. The van der Waals surface area contributed by atoms with Crippen LogP contribution in [0.25, 0.3) is 0 Å². The molecule has 2 aliphatic heterocycles. The summed E-state index contributed by atoms with van der Waals surface area (Å²) >= 11 is 5.10. The minimum Gasteiger partial charge on any atom is -0.493 e. The zero-order valence-corrected chi connectivity index (χ0v) is 23.3. The van der Waals surface area contributed by atoms with Crippen molar-refractivity contribution in [2.24, 2.45) is 15.9 Å². The van der Waals surface area contributed by atoms with E-state index in [1.807, 2.05) is 50.8 Å². The number of hydrogen-bond donors (Lipinski definition) is 0. The highest BCUT2D eigenvalue weighted by Gasteiger charge is 2.27. The zero-order chi connectivity index (χ0) is 25.9. The number of carbonyl (C=O) groups excluding carboxylic acids is 1. The molecule has 0 aliphatic carbocycles. The summed E-state index contributed by atoms with van der Waals surface area (Å²) in [5, 5.41) is 0. The Labute approximate surface area is 213 Å². The van der Waals surface area contributed by atoms with E-state index in [4.69, 9.17) is 16.3 Å². The van der Waals surface area contributed by atoms with Crippen molar-refractivity contribution in [3.63, 3.8) is 0 Å². The smallest absolute Gasteiger partial charge is 0.255 e. The van der Waals surface area contributed by atoms with Crippen LogP contribution in [0.2, 0.25) is 0 Å². The van der Waals surface area contributed by atoms with E-state index < -0.39 is 0 Å². The molecule has 0 N–H and O–H groups in total. The average Bonchev–Trinajstić information content (AvgIpc) is 3.33. The predicted octanol–water partition coefficient (Wildman–Crippen LogP) is 6.17. The van der Waals surface area contributed by atoms with Gasteiger partial charge in [0, 0.05) is 18.5 Å². The molecule has 1 unspecified atom stereocenters. The molecule has 0 saturated carbocycles. The molecule has 0 bridgehead atoms. The van der Waals surface area contributed by atoms with E-state index in [2.05, 4.69) is 42.5 Å². The quantitative estimate of drug-likeness (QED) is 0.270. The van der Waals surface area contributed by atoms with Crippen LogP contribution >= 0.6 is 11.6 Å². The van der Waals surface area contributed by atoms with E-state index in [0.29, 0.717) is 18.5 Å². The first-order chi connectivity index (χ1) is 16.4. The number of benzene rings is 1. The number of alkyl halides is 1. The highest BCUT2D eigenvalue weighted by Crippen LogP contribution is 2.27. The third-order valence-electron chi connectivity index (χ3n) is 5.46. The molecule has 1 fully saturated rings. The second-order valence-corrected chi connectivity index (χ2v) is 8.45. The van der Waals surface area contributed by atoms with Gasteiger partial charge in [0.2, 0.25) is 0 Å². The summed E-state index contributed by atoms with van der Waals surface area (Å²) in [6.07, 6.45) is 5.85. The zero-order valence-electron chi connectivity index (χ0n) is 22.5. The Morgan fingerprint density at radius 1 is 1.32 bits per heavy atom. The summed E-state index contributed by atoms with van der Waals surface area (Å²) in [4.78, 5) is 25.0. The van der Waals surface area contributed by atoms with Gasteiger partial charge in [0.1, 0.15) is 17.9 Å². The summed E-state index contributed by atoms with van der Waals surface area (Å²) in [6, 6.07) is 6.14. The average molecular weight is 495 g/mol. The van der Waals surface area contributed by atoms with Crippen LogP contribution < -0.4 is 4.74 Å². The third kappa shape index (κ3) is 11.5. The molecule has 194 valence electrons. The fourth-order valence-corrected chi connectivity index (χ4v) is 3.72. The molecule has 1 atom stereocenters. The van der Waals surface area contributed by atoms with Crippen molar-refractivity contribution in [2.75, 3.05) is 39.3 Å². The Balaban J connectivity index is 0.000000935. The minimum atomic E-state index is -0.207. The van der Waals surface area contributed by atoms with Crippen molar-refractivity contribution in [2.45, 2.75) is 73.4 Å². The second-order valence-electron chi connectivity index (χ2n) is 8.21. The van der Waals surface area contributed by atoms with Crippen LogP contribution in [-0.4, -0.2) is 74.1 Å². The van der Waals surface area contributed by atoms with Gasteiger partial charge in [0.05, 0.1) is 6.61 Å². The molecule has 2 heterocycles. The molecular formula is C27H47ClN4O2. The molecule has 1 amide bonds. The highest BCUT2D eigenvalue weighted by atomic mass is 35.5. The molecule has 0 spiro atoms. The molecule has 1 saturated heterocycles. The number of halogens is 1. The normalized spacial score (nSPS) is 15.9. The van der Waals surface area contributed by atoms with E-state index in [1.165, 1.54) is 6.42 Å². The molecule has 3 rings (SSSR count). The lowest BCUT2D eigenvalue weighted by molar-refractivity contribution is 0.0629. The van der Waals surface area contributed by atoms with Gasteiger partial charge in [-0.15, -0.1) is 11.6 Å². The number of likely N-dealkylation sites (tertiary alicyclic amines) is 1. The van der Waals surface area contributed by atoms with E-state index in [-0.39, 0.29) is 12.1 Å². The van der Waals surface area contributed by atoms with Crippen molar-refractivity contribution in [1.82, 2.24) is 9.80 Å². The molecule has 2 aliphatic rings. The lowest BCUT2D eigenvalue weighted by Crippen LogP contribution is -2.43. The number of ether oxygens (including phenoxy) is 1. The Hall–Kier alpha value is -1.92. The maximum atomic E-state index is 13.1. The van der Waals surface area contributed by atoms with Crippen LogP contribution in [0.5, 0.6) is 5.75 Å². The topological polar surface area (TPSA) is 57.5 Å². The molecule has 1 aromatic rings. The number of fused-ring (bicyclic) bond motifs is 1. The van der Waals surface area contributed by atoms with Gasteiger partial charge in [-0.3, -0.25) is 14.8 Å². The molecule has 7 heteroatoms.